The van der Waals surface area contributed by atoms with Gasteiger partial charge in [0.15, 0.2) is 0 Å². The third-order valence-corrected chi connectivity index (χ3v) is 12.1. The predicted molar refractivity (Wildman–Crippen MR) is 352 cm³/mol. The topological polar surface area (TPSA) is 292 Å². The first kappa shape index (κ1) is 77.7. The molecule has 9 aromatic rings. The molecule has 0 saturated heterocycles. The number of hydrogen-bond donors (Lipinski definition) is 5. The molecule has 0 spiro atoms. The van der Waals surface area contributed by atoms with Crippen molar-refractivity contribution in [1.82, 2.24) is 51.9 Å². The van der Waals surface area contributed by atoms with E-state index in [0.29, 0.717) is 67.3 Å². The Balaban J connectivity index is 0.000000284. The van der Waals surface area contributed by atoms with Crippen molar-refractivity contribution in [2.24, 2.45) is 5.73 Å². The van der Waals surface area contributed by atoms with Crippen LogP contribution in [0, 0.1) is 36.2 Å². The Morgan fingerprint density at radius 2 is 0.862 bits per heavy atom. The van der Waals surface area contributed by atoms with Crippen LogP contribution in [0.4, 0.5) is 18.0 Å². The molecule has 3 atom stereocenters. The number of nitriles is 1. The summed E-state index contributed by atoms with van der Waals surface area (Å²) in [6.07, 6.45) is 0.817. The number of nitrogens with zero attached hydrogens (tertiary/aromatic N) is 7. The van der Waals surface area contributed by atoms with Crippen LogP contribution >= 0.6 is 31.5 Å². The molecule has 0 aliphatic carbocycles. The van der Waals surface area contributed by atoms with Crippen molar-refractivity contribution in [3.05, 3.63) is 222 Å². The molecular formula is C66H73Cl3F3N12NiO8Si. The number of carbonyl (C=O) groups excluding carboxylic acids is 4. The molecule has 3 heterocycles. The zero-order chi connectivity index (χ0) is 68.3. The fourth-order valence-electron chi connectivity index (χ4n) is 8.19. The number of hydrogen-bond acceptors (Lipinski definition) is 16. The van der Waals surface area contributed by atoms with Crippen LogP contribution in [0.15, 0.2) is 159 Å². The Morgan fingerprint density at radius 3 is 1.14 bits per heavy atom. The van der Waals surface area contributed by atoms with Gasteiger partial charge in [-0.25, -0.2) is 18.0 Å². The molecule has 0 saturated carbocycles. The number of rotatable bonds is 18. The van der Waals surface area contributed by atoms with Gasteiger partial charge in [-0.15, -0.1) is 30.6 Å². The summed E-state index contributed by atoms with van der Waals surface area (Å²) in [7, 11) is 8.26. The molecule has 9 rings (SSSR count). The molecule has 0 unspecified atom stereocenters. The Bertz CT molecular complexity index is 3880. The van der Waals surface area contributed by atoms with E-state index in [1.54, 1.807) is 81.4 Å². The van der Waals surface area contributed by atoms with E-state index in [1.807, 2.05) is 48.5 Å². The number of aromatic nitrogens is 6. The summed E-state index contributed by atoms with van der Waals surface area (Å²) >= 11 is 6.24. The first-order chi connectivity index (χ1) is 44.1. The maximum absolute atomic E-state index is 13.5. The fourth-order valence-corrected chi connectivity index (χ4v) is 8.19. The minimum absolute atomic E-state index is 0. The van der Waals surface area contributed by atoms with Crippen LogP contribution in [0.2, 0.25) is 19.6 Å². The summed E-state index contributed by atoms with van der Waals surface area (Å²) in [5.41, 5.74) is 11.7. The van der Waals surface area contributed by atoms with Crippen LogP contribution in [0.3, 0.4) is 0 Å². The molecule has 4 amide bonds. The standard InChI is InChI=1S/C24H27FN4O4.C19H19FN4O2.C19H15FN4O2.C3H9ClSi.CH3.2ClH.Ni/c1-15(30)27-20(22-29-28-21(32-22)18-6-5-7-19(25)13-18)12-16-8-10-17(11-9-16)14-26-23(31)33-24(2,3)4;2*1-12(25)22-17(9-13-5-7-14(11-21)8-6-13)19-24-23-18(26-19)15-3-2-4-16(20)10-15;1-5(2,3)4;;;;/h5-11,13,20H,12,14H2,1-4H3,(H,26,31)(H,27,30);2-8,10,17H,9,11,21H2,1H3,(H,22,25);2-8,10,17H,9H2,1H3,(H,22,25);1-3H3;1H3;2*1H;/q;;;;-1;;;+3/p-2/t20-;2*17-;;;;;/m000...../s1. The molecule has 20 nitrogen and oxygen atoms in total. The Hall–Kier alpha value is -8.76. The van der Waals surface area contributed by atoms with E-state index < -0.39 is 48.8 Å². The van der Waals surface area contributed by atoms with Crippen LogP contribution < -0.4 is 27.0 Å². The number of amides is 4. The van der Waals surface area contributed by atoms with Gasteiger partial charge in [-0.2, -0.15) is 16.3 Å². The van der Waals surface area contributed by atoms with Crippen LogP contribution in [-0.4, -0.2) is 67.4 Å². The van der Waals surface area contributed by atoms with Gasteiger partial charge in [-0.1, -0.05) is 98.5 Å². The zero-order valence-electron chi connectivity index (χ0n) is 53.2. The van der Waals surface area contributed by atoms with Crippen molar-refractivity contribution in [2.75, 3.05) is 0 Å². The number of nitrogens with one attached hydrogen (secondary N) is 4. The van der Waals surface area contributed by atoms with Crippen molar-refractivity contribution >= 4 is 62.7 Å². The van der Waals surface area contributed by atoms with Crippen molar-refractivity contribution in [3.8, 4) is 40.4 Å². The molecule has 94 heavy (non-hydrogen) atoms. The van der Waals surface area contributed by atoms with E-state index in [4.69, 9.17) is 60.5 Å². The molecule has 0 bridgehead atoms. The first-order valence-corrected chi connectivity index (χ1v) is 35.8. The number of ether oxygens (including phenoxy) is 1. The third kappa shape index (κ3) is 28.6. The SMILES string of the molecule is CC(=O)N[C@@H](Cc1ccc(C#N)cc1)c1nnc(-c2cccc(F)c2)o1.CC(=O)N[C@@H](Cc1ccc(CN)cc1)c1nnc(-c2cccc(F)c2)o1.CC(=O)N[C@@H](Cc1ccc(CNC(=O)OC(C)(C)C)cc1)c1nnc(-c2cccc(F)c2)o1.C[Si](C)(C)Cl.[CH3-].[Cl][Ni+][Cl]. The van der Waals surface area contributed by atoms with Crippen molar-refractivity contribution in [1.29, 1.82) is 5.26 Å². The van der Waals surface area contributed by atoms with Gasteiger partial charge in [-0.3, -0.25) is 14.4 Å². The molecule has 0 radical (unpaired) electrons. The zero-order valence-corrected chi connectivity index (χ0v) is 57.4. The fraction of sp³-hybridized carbons (Fsp3) is 0.273. The van der Waals surface area contributed by atoms with Crippen molar-refractivity contribution in [3.63, 3.8) is 0 Å². The second kappa shape index (κ2) is 38.4. The summed E-state index contributed by atoms with van der Waals surface area (Å²) < 4.78 is 62.5. The van der Waals surface area contributed by atoms with E-state index in [9.17, 15) is 32.3 Å². The van der Waals surface area contributed by atoms with E-state index in [0.717, 1.165) is 27.8 Å². The van der Waals surface area contributed by atoms with E-state index >= 15 is 0 Å². The summed E-state index contributed by atoms with van der Waals surface area (Å²) in [5, 5.41) is 44.0. The van der Waals surface area contributed by atoms with Crippen LogP contribution in [0.5, 0.6) is 0 Å². The number of carbonyl (C=O) groups is 4. The Morgan fingerprint density at radius 1 is 0.564 bits per heavy atom. The van der Waals surface area contributed by atoms with Crippen molar-refractivity contribution < 1.29 is 63.0 Å². The minimum atomic E-state index is -1.14. The first-order valence-electron chi connectivity index (χ1n) is 28.5. The molecule has 0 fully saturated rings. The van der Waals surface area contributed by atoms with E-state index in [2.05, 4.69) is 77.6 Å². The average molecular weight is 1410 g/mol. The summed E-state index contributed by atoms with van der Waals surface area (Å²) in [4.78, 5) is 46.7. The van der Waals surface area contributed by atoms with Gasteiger partial charge < -0.3 is 52.4 Å². The van der Waals surface area contributed by atoms with Gasteiger partial charge in [0.05, 0.1) is 11.6 Å². The molecule has 501 valence electrons. The molecule has 6 aromatic carbocycles. The van der Waals surface area contributed by atoms with Gasteiger partial charge in [0.2, 0.25) is 53.1 Å². The predicted octanol–water partition coefficient (Wildman–Crippen LogP) is 14.1. The molecule has 3 aromatic heterocycles. The van der Waals surface area contributed by atoms with Crippen LogP contribution in [0.1, 0.15) is 111 Å². The maximum atomic E-state index is 13.5. The Labute approximate surface area is 564 Å². The average Bonchev–Trinajstić information content (AvgIpc) is 2.06. The number of nitrogens with two attached hydrogens (primary N) is 1. The normalized spacial score (nSPS) is 11.6. The summed E-state index contributed by atoms with van der Waals surface area (Å²) in [5.74, 6) is -0.638. The molecular weight excluding hydrogens is 1340 g/mol. The van der Waals surface area contributed by atoms with E-state index in [-0.39, 0.29) is 66.3 Å². The van der Waals surface area contributed by atoms with Crippen LogP contribution in [-0.2, 0) is 64.1 Å². The molecule has 0 aliphatic rings. The number of halogens is 6. The Kier molecular flexibility index (Phi) is 31.8. The quantitative estimate of drug-likeness (QED) is 0.0303. The van der Waals surface area contributed by atoms with E-state index in [1.165, 1.54) is 57.2 Å². The second-order valence-electron chi connectivity index (χ2n) is 22.4. The second-order valence-corrected chi connectivity index (χ2v) is 31.5. The van der Waals surface area contributed by atoms with Gasteiger partial charge >= 0.3 is 39.1 Å². The summed E-state index contributed by atoms with van der Waals surface area (Å²) in [6.45, 7) is 16.7. The summed E-state index contributed by atoms with van der Waals surface area (Å²) in [6, 6.07) is 40.4. The van der Waals surface area contributed by atoms with Gasteiger partial charge in [0.25, 0.3) is 0 Å². The van der Waals surface area contributed by atoms with Crippen LogP contribution in [0.25, 0.3) is 34.4 Å². The monoisotopic (exact) mass is 1410 g/mol. The molecule has 28 heteroatoms. The van der Waals surface area contributed by atoms with Gasteiger partial charge in [0, 0.05) is 69.8 Å². The molecule has 6 N–H and O–H groups in total. The van der Waals surface area contributed by atoms with Gasteiger partial charge in [-0.05, 0) is 115 Å². The van der Waals surface area contributed by atoms with Crippen molar-refractivity contribution in [2.45, 2.75) is 117 Å². The third-order valence-electron chi connectivity index (χ3n) is 12.1. The molecule has 0 aliphatic heterocycles. The number of benzene rings is 6. The van der Waals surface area contributed by atoms with Gasteiger partial charge in [0.1, 0.15) is 48.6 Å². The number of alkyl carbamates (subject to hydrolysis) is 1.